The van der Waals surface area contributed by atoms with Gasteiger partial charge in [0, 0.05) is 12.2 Å². The van der Waals surface area contributed by atoms with Crippen LogP contribution in [0.25, 0.3) is 0 Å². The second-order valence-corrected chi connectivity index (χ2v) is 6.38. The molecule has 6 heteroatoms. The summed E-state index contributed by atoms with van der Waals surface area (Å²) in [5, 5.41) is 2.82. The summed E-state index contributed by atoms with van der Waals surface area (Å²) < 4.78 is 18.4. The molecule has 0 spiro atoms. The molecule has 1 N–H and O–H groups in total. The van der Waals surface area contributed by atoms with Crippen LogP contribution in [0.15, 0.2) is 48.5 Å². The number of aryl methyl sites for hydroxylation is 1. The SMILES string of the molecule is Cc1cccc(N2CC(CNC(=O)Cc3ccc(F)cc3)OCC2=O)c1. The van der Waals surface area contributed by atoms with Crippen LogP contribution < -0.4 is 10.2 Å². The number of anilines is 1. The molecule has 0 saturated carbocycles. The molecule has 26 heavy (non-hydrogen) atoms. The van der Waals surface area contributed by atoms with Crippen molar-refractivity contribution in [3.63, 3.8) is 0 Å². The predicted octanol–water partition coefficient (Wildman–Crippen LogP) is 2.22. The van der Waals surface area contributed by atoms with Gasteiger partial charge in [-0.05, 0) is 42.3 Å². The van der Waals surface area contributed by atoms with Gasteiger partial charge in [0.25, 0.3) is 5.91 Å². The molecule has 1 fully saturated rings. The molecule has 0 bridgehead atoms. The summed E-state index contributed by atoms with van der Waals surface area (Å²) in [5.41, 5.74) is 2.65. The van der Waals surface area contributed by atoms with Crippen LogP contribution in [0.2, 0.25) is 0 Å². The second-order valence-electron chi connectivity index (χ2n) is 6.38. The maximum absolute atomic E-state index is 12.9. The number of amides is 2. The highest BCUT2D eigenvalue weighted by Gasteiger charge is 2.27. The molecule has 0 aromatic heterocycles. The Bertz CT molecular complexity index is 792. The lowest BCUT2D eigenvalue weighted by atomic mass is 10.1. The molecule has 2 amide bonds. The number of morpholine rings is 1. The minimum Gasteiger partial charge on any atom is -0.365 e. The summed E-state index contributed by atoms with van der Waals surface area (Å²) in [5.74, 6) is -0.589. The van der Waals surface area contributed by atoms with Crippen LogP contribution >= 0.6 is 0 Å². The molecule has 2 aromatic rings. The van der Waals surface area contributed by atoms with Crippen LogP contribution in [0, 0.1) is 12.7 Å². The Morgan fingerprint density at radius 1 is 1.27 bits per heavy atom. The van der Waals surface area contributed by atoms with Crippen LogP contribution in [-0.4, -0.2) is 37.6 Å². The number of nitrogens with zero attached hydrogens (tertiary/aromatic N) is 1. The molecule has 1 atom stereocenters. The number of nitrogens with one attached hydrogen (secondary N) is 1. The fourth-order valence-electron chi connectivity index (χ4n) is 2.87. The van der Waals surface area contributed by atoms with E-state index in [-0.39, 0.29) is 36.8 Å². The van der Waals surface area contributed by atoms with Crippen LogP contribution in [0.1, 0.15) is 11.1 Å². The van der Waals surface area contributed by atoms with Crippen LogP contribution in [0.4, 0.5) is 10.1 Å². The maximum atomic E-state index is 12.9. The van der Waals surface area contributed by atoms with Crippen molar-refractivity contribution >= 4 is 17.5 Å². The van der Waals surface area contributed by atoms with Crippen LogP contribution in [-0.2, 0) is 20.7 Å². The molecule has 5 nitrogen and oxygen atoms in total. The summed E-state index contributed by atoms with van der Waals surface area (Å²) >= 11 is 0. The van der Waals surface area contributed by atoms with Crippen LogP contribution in [0.3, 0.4) is 0 Å². The Morgan fingerprint density at radius 3 is 2.77 bits per heavy atom. The van der Waals surface area contributed by atoms with E-state index in [1.807, 2.05) is 31.2 Å². The van der Waals surface area contributed by atoms with E-state index >= 15 is 0 Å². The van der Waals surface area contributed by atoms with Gasteiger partial charge in [-0.25, -0.2) is 4.39 Å². The summed E-state index contributed by atoms with van der Waals surface area (Å²) in [6.45, 7) is 2.67. The Balaban J connectivity index is 1.54. The third-order valence-electron chi connectivity index (χ3n) is 4.25. The van der Waals surface area contributed by atoms with Gasteiger partial charge in [-0.2, -0.15) is 0 Å². The first-order valence-corrected chi connectivity index (χ1v) is 8.51. The third kappa shape index (κ3) is 4.67. The average molecular weight is 356 g/mol. The first kappa shape index (κ1) is 18.1. The van der Waals surface area contributed by atoms with E-state index in [2.05, 4.69) is 5.32 Å². The van der Waals surface area contributed by atoms with Gasteiger partial charge in [-0.3, -0.25) is 9.59 Å². The number of rotatable bonds is 5. The Kier molecular flexibility index (Phi) is 5.63. The van der Waals surface area contributed by atoms with Crippen molar-refractivity contribution in [2.45, 2.75) is 19.4 Å². The van der Waals surface area contributed by atoms with E-state index in [0.29, 0.717) is 13.1 Å². The fraction of sp³-hybridized carbons (Fsp3) is 0.300. The molecular formula is C20H21FN2O3. The van der Waals surface area contributed by atoms with E-state index in [1.54, 1.807) is 17.0 Å². The van der Waals surface area contributed by atoms with Crippen LogP contribution in [0.5, 0.6) is 0 Å². The second kappa shape index (κ2) is 8.10. The van der Waals surface area contributed by atoms with E-state index in [1.165, 1.54) is 12.1 Å². The molecule has 1 unspecified atom stereocenters. The summed E-state index contributed by atoms with van der Waals surface area (Å²) in [6.07, 6.45) is -0.0987. The van der Waals surface area contributed by atoms with E-state index in [9.17, 15) is 14.0 Å². The van der Waals surface area contributed by atoms with Crippen molar-refractivity contribution in [1.82, 2.24) is 5.32 Å². The number of carbonyl (C=O) groups excluding carboxylic acids is 2. The standard InChI is InChI=1S/C20H21FN2O3/c1-14-3-2-4-17(9-14)23-12-18(26-13-20(23)25)11-22-19(24)10-15-5-7-16(21)8-6-15/h2-9,18H,10-13H2,1H3,(H,22,24). The van der Waals surface area contributed by atoms with E-state index in [0.717, 1.165) is 16.8 Å². The molecule has 1 aliphatic rings. The van der Waals surface area contributed by atoms with Gasteiger partial charge in [0.05, 0.1) is 19.1 Å². The zero-order valence-electron chi connectivity index (χ0n) is 14.6. The number of halogens is 1. The molecule has 136 valence electrons. The van der Waals surface area contributed by atoms with Gasteiger partial charge in [0.1, 0.15) is 12.4 Å². The first-order chi connectivity index (χ1) is 12.5. The third-order valence-corrected chi connectivity index (χ3v) is 4.25. The zero-order valence-corrected chi connectivity index (χ0v) is 14.6. The average Bonchev–Trinajstić information content (AvgIpc) is 2.63. The molecular weight excluding hydrogens is 335 g/mol. The smallest absolute Gasteiger partial charge is 0.253 e. The predicted molar refractivity (Wildman–Crippen MR) is 96.4 cm³/mol. The summed E-state index contributed by atoms with van der Waals surface area (Å²) in [6, 6.07) is 13.6. The van der Waals surface area contributed by atoms with E-state index in [4.69, 9.17) is 4.74 Å². The van der Waals surface area contributed by atoms with Gasteiger partial charge >= 0.3 is 0 Å². The van der Waals surface area contributed by atoms with Crippen molar-refractivity contribution in [2.75, 3.05) is 24.6 Å². The Labute approximate surface area is 151 Å². The molecule has 1 aliphatic heterocycles. The molecule has 1 saturated heterocycles. The molecule has 2 aromatic carbocycles. The van der Waals surface area contributed by atoms with Gasteiger partial charge < -0.3 is 15.0 Å². The van der Waals surface area contributed by atoms with E-state index < -0.39 is 0 Å². The fourth-order valence-corrected chi connectivity index (χ4v) is 2.87. The van der Waals surface area contributed by atoms with Crippen molar-refractivity contribution in [3.8, 4) is 0 Å². The summed E-state index contributed by atoms with van der Waals surface area (Å²) in [7, 11) is 0. The first-order valence-electron chi connectivity index (χ1n) is 8.51. The van der Waals surface area contributed by atoms with Crippen molar-refractivity contribution in [1.29, 1.82) is 0 Å². The van der Waals surface area contributed by atoms with Gasteiger partial charge in [-0.15, -0.1) is 0 Å². The normalized spacial score (nSPS) is 17.2. The zero-order chi connectivity index (χ0) is 18.5. The van der Waals surface area contributed by atoms with Crippen molar-refractivity contribution in [2.24, 2.45) is 0 Å². The molecule has 1 heterocycles. The van der Waals surface area contributed by atoms with Crippen molar-refractivity contribution < 1.29 is 18.7 Å². The molecule has 3 rings (SSSR count). The lowest BCUT2D eigenvalue weighted by Gasteiger charge is -2.33. The topological polar surface area (TPSA) is 58.6 Å². The molecule has 0 radical (unpaired) electrons. The Morgan fingerprint density at radius 2 is 2.04 bits per heavy atom. The lowest BCUT2D eigenvalue weighted by Crippen LogP contribution is -2.50. The van der Waals surface area contributed by atoms with Gasteiger partial charge in [-0.1, -0.05) is 24.3 Å². The highest BCUT2D eigenvalue weighted by Crippen LogP contribution is 2.19. The summed E-state index contributed by atoms with van der Waals surface area (Å²) in [4.78, 5) is 25.9. The highest BCUT2D eigenvalue weighted by atomic mass is 19.1. The number of hydrogen-bond acceptors (Lipinski definition) is 3. The van der Waals surface area contributed by atoms with Gasteiger partial charge in [0.15, 0.2) is 0 Å². The lowest BCUT2D eigenvalue weighted by molar-refractivity contribution is -0.129. The maximum Gasteiger partial charge on any atom is 0.253 e. The minimum absolute atomic E-state index is 0.00750. The molecule has 0 aliphatic carbocycles. The number of carbonyl (C=O) groups is 2. The number of benzene rings is 2. The van der Waals surface area contributed by atoms with Crippen molar-refractivity contribution in [3.05, 3.63) is 65.5 Å². The Hall–Kier alpha value is -2.73. The monoisotopic (exact) mass is 356 g/mol. The highest BCUT2D eigenvalue weighted by molar-refractivity contribution is 5.95. The number of ether oxygens (including phenoxy) is 1. The largest absolute Gasteiger partial charge is 0.365 e. The van der Waals surface area contributed by atoms with Gasteiger partial charge in [0.2, 0.25) is 5.91 Å². The number of hydrogen-bond donors (Lipinski definition) is 1. The quantitative estimate of drug-likeness (QED) is 0.894. The minimum atomic E-state index is -0.328.